The zero-order chi connectivity index (χ0) is 16.4. The summed E-state index contributed by atoms with van der Waals surface area (Å²) in [7, 11) is 1.58. The van der Waals surface area contributed by atoms with E-state index in [2.05, 4.69) is 4.98 Å². The van der Waals surface area contributed by atoms with E-state index in [0.717, 1.165) is 5.56 Å². The third-order valence-corrected chi connectivity index (χ3v) is 3.70. The quantitative estimate of drug-likeness (QED) is 0.696. The lowest BCUT2D eigenvalue weighted by molar-refractivity contribution is -0.277. The minimum atomic E-state index is -0.619. The SMILES string of the molecule is COc1ccc(Cn2c([O-])c([N+]#N)c(=O)c3ccccc32)cc1. The number of para-hydroxylation sites is 1. The number of fused-ring (bicyclic) bond motifs is 1. The van der Waals surface area contributed by atoms with E-state index in [0.29, 0.717) is 16.7 Å². The minimum absolute atomic E-state index is 0.256. The van der Waals surface area contributed by atoms with Crippen LogP contribution in [0.1, 0.15) is 5.56 Å². The Labute approximate surface area is 131 Å². The first-order valence-corrected chi connectivity index (χ1v) is 6.96. The molecule has 6 nitrogen and oxygen atoms in total. The summed E-state index contributed by atoms with van der Waals surface area (Å²) >= 11 is 0. The van der Waals surface area contributed by atoms with Gasteiger partial charge in [0.05, 0.1) is 23.9 Å². The van der Waals surface area contributed by atoms with Gasteiger partial charge in [0, 0.05) is 6.54 Å². The van der Waals surface area contributed by atoms with E-state index in [1.54, 1.807) is 43.5 Å². The second-order valence-corrected chi connectivity index (χ2v) is 5.03. The molecule has 0 atom stereocenters. The van der Waals surface area contributed by atoms with Crippen LogP contribution in [0.5, 0.6) is 11.6 Å². The molecule has 0 unspecified atom stereocenters. The van der Waals surface area contributed by atoms with Crippen LogP contribution in [0, 0.1) is 5.39 Å². The molecule has 0 spiro atoms. The van der Waals surface area contributed by atoms with Crippen LogP contribution in [0.15, 0.2) is 53.3 Å². The number of nitrogens with zero attached hydrogens (tertiary/aromatic N) is 3. The van der Waals surface area contributed by atoms with Gasteiger partial charge in [0.25, 0.3) is 5.43 Å². The molecule has 3 aromatic rings. The van der Waals surface area contributed by atoms with Crippen LogP contribution in [0.3, 0.4) is 0 Å². The van der Waals surface area contributed by atoms with Crippen molar-refractivity contribution in [3.63, 3.8) is 0 Å². The number of rotatable bonds is 3. The van der Waals surface area contributed by atoms with Crippen molar-refractivity contribution in [2.45, 2.75) is 6.54 Å². The second kappa shape index (κ2) is 5.81. The van der Waals surface area contributed by atoms with Crippen molar-refractivity contribution in [1.82, 2.24) is 4.57 Å². The van der Waals surface area contributed by atoms with Crippen LogP contribution in [-0.4, -0.2) is 11.7 Å². The lowest BCUT2D eigenvalue weighted by atomic mass is 10.1. The predicted molar refractivity (Wildman–Crippen MR) is 84.5 cm³/mol. The highest BCUT2D eigenvalue weighted by atomic mass is 16.5. The molecule has 0 radical (unpaired) electrons. The van der Waals surface area contributed by atoms with Gasteiger partial charge in [-0.25, -0.2) is 0 Å². The molecule has 1 aromatic heterocycles. The van der Waals surface area contributed by atoms with E-state index >= 15 is 0 Å². The van der Waals surface area contributed by atoms with Gasteiger partial charge in [-0.15, -0.1) is 0 Å². The van der Waals surface area contributed by atoms with Crippen LogP contribution < -0.4 is 15.3 Å². The van der Waals surface area contributed by atoms with Gasteiger partial charge in [-0.1, -0.05) is 24.3 Å². The van der Waals surface area contributed by atoms with Crippen molar-refractivity contribution in [1.29, 1.82) is 5.39 Å². The van der Waals surface area contributed by atoms with Crippen molar-refractivity contribution in [3.05, 3.63) is 69.3 Å². The third-order valence-electron chi connectivity index (χ3n) is 3.70. The molecular formula is C17H13N3O3. The van der Waals surface area contributed by atoms with E-state index < -0.39 is 17.0 Å². The summed E-state index contributed by atoms with van der Waals surface area (Å²) in [5.41, 5.74) is 0.322. The van der Waals surface area contributed by atoms with Crippen LogP contribution >= 0.6 is 0 Å². The van der Waals surface area contributed by atoms with E-state index in [1.165, 1.54) is 4.57 Å². The summed E-state index contributed by atoms with van der Waals surface area (Å²) in [6, 6.07) is 14.0. The number of diazo groups is 1. The third kappa shape index (κ3) is 2.49. The van der Waals surface area contributed by atoms with Gasteiger partial charge in [0.15, 0.2) is 4.98 Å². The maximum absolute atomic E-state index is 12.4. The molecule has 6 heteroatoms. The van der Waals surface area contributed by atoms with E-state index in [9.17, 15) is 9.90 Å². The highest BCUT2D eigenvalue weighted by molar-refractivity contribution is 5.84. The minimum Gasteiger partial charge on any atom is -0.854 e. The van der Waals surface area contributed by atoms with Crippen LogP contribution in [0.4, 0.5) is 5.69 Å². The highest BCUT2D eigenvalue weighted by Crippen LogP contribution is 2.26. The van der Waals surface area contributed by atoms with Gasteiger partial charge >= 0.3 is 5.69 Å². The Bertz CT molecular complexity index is 969. The summed E-state index contributed by atoms with van der Waals surface area (Å²) in [6.07, 6.45) is 0. The molecule has 0 amide bonds. The normalized spacial score (nSPS) is 10.4. The summed E-state index contributed by atoms with van der Waals surface area (Å²) in [6.45, 7) is 0.256. The Morgan fingerprint density at radius 2 is 1.87 bits per heavy atom. The van der Waals surface area contributed by atoms with E-state index in [-0.39, 0.29) is 6.54 Å². The van der Waals surface area contributed by atoms with Gasteiger partial charge in [-0.2, -0.15) is 0 Å². The molecule has 0 saturated carbocycles. The van der Waals surface area contributed by atoms with Gasteiger partial charge < -0.3 is 14.4 Å². The average Bonchev–Trinajstić information content (AvgIpc) is 2.59. The Morgan fingerprint density at radius 1 is 1.17 bits per heavy atom. The lowest BCUT2D eigenvalue weighted by Crippen LogP contribution is -2.16. The van der Waals surface area contributed by atoms with Crippen LogP contribution in [-0.2, 0) is 6.54 Å². The van der Waals surface area contributed by atoms with Crippen molar-refractivity contribution < 1.29 is 9.84 Å². The lowest BCUT2D eigenvalue weighted by Gasteiger charge is -2.18. The smallest absolute Gasteiger partial charge is 0.440 e. The first kappa shape index (κ1) is 14.6. The summed E-state index contributed by atoms with van der Waals surface area (Å²) < 4.78 is 6.53. The Hall–Kier alpha value is -3.33. The fraction of sp³-hybridized carbons (Fsp3) is 0.118. The summed E-state index contributed by atoms with van der Waals surface area (Å²) in [5.74, 6) is 0.0962. The molecule has 0 saturated heterocycles. The standard InChI is InChI=1S/C17H13N3O3/c1-23-12-8-6-11(7-9-12)10-20-14-5-3-2-4-13(14)16(21)15(19-18)17(20)22/h2-9H,10H2,1H3. The van der Waals surface area contributed by atoms with Crippen LogP contribution in [0.25, 0.3) is 15.9 Å². The molecule has 23 heavy (non-hydrogen) atoms. The van der Waals surface area contributed by atoms with Crippen molar-refractivity contribution in [3.8, 4) is 11.6 Å². The molecule has 0 aliphatic heterocycles. The fourth-order valence-electron chi connectivity index (χ4n) is 2.52. The number of methoxy groups -OCH3 is 1. The molecular weight excluding hydrogens is 294 g/mol. The molecule has 0 aliphatic rings. The summed E-state index contributed by atoms with van der Waals surface area (Å²) in [4.78, 5) is 15.1. The number of benzene rings is 2. The number of pyridine rings is 1. The predicted octanol–water partition coefficient (Wildman–Crippen LogP) is 2.62. The number of hydrogen-bond donors (Lipinski definition) is 0. The fourth-order valence-corrected chi connectivity index (χ4v) is 2.52. The zero-order valence-corrected chi connectivity index (χ0v) is 12.4. The zero-order valence-electron chi connectivity index (χ0n) is 12.4. The maximum atomic E-state index is 12.4. The van der Waals surface area contributed by atoms with Gasteiger partial charge in [0.2, 0.25) is 5.39 Å². The Kier molecular flexibility index (Phi) is 3.69. The molecule has 0 aliphatic carbocycles. The monoisotopic (exact) mass is 307 g/mol. The van der Waals surface area contributed by atoms with Gasteiger partial charge in [-0.05, 0) is 29.8 Å². The number of ether oxygens (including phenoxy) is 1. The molecule has 0 fully saturated rings. The Morgan fingerprint density at radius 3 is 2.52 bits per heavy atom. The van der Waals surface area contributed by atoms with Crippen molar-refractivity contribution in [2.24, 2.45) is 0 Å². The molecule has 114 valence electrons. The van der Waals surface area contributed by atoms with Crippen LogP contribution in [0.2, 0.25) is 0 Å². The molecule has 1 heterocycles. The van der Waals surface area contributed by atoms with Crippen molar-refractivity contribution in [2.75, 3.05) is 7.11 Å². The topological polar surface area (TPSA) is 82.4 Å². The largest absolute Gasteiger partial charge is 0.854 e. The van der Waals surface area contributed by atoms with E-state index in [4.69, 9.17) is 10.1 Å². The highest BCUT2D eigenvalue weighted by Gasteiger charge is 2.20. The first-order chi connectivity index (χ1) is 11.2. The maximum Gasteiger partial charge on any atom is 0.440 e. The number of hydrogen-bond acceptors (Lipinski definition) is 4. The second-order valence-electron chi connectivity index (χ2n) is 5.03. The summed E-state index contributed by atoms with van der Waals surface area (Å²) in [5, 5.41) is 21.8. The van der Waals surface area contributed by atoms with Crippen molar-refractivity contribution >= 4 is 16.6 Å². The van der Waals surface area contributed by atoms with Gasteiger partial charge in [0.1, 0.15) is 5.75 Å². The molecule has 3 rings (SSSR count). The first-order valence-electron chi connectivity index (χ1n) is 6.96. The average molecular weight is 307 g/mol. The molecule has 0 N–H and O–H groups in total. The molecule has 0 bridgehead atoms. The number of aromatic nitrogens is 1. The Balaban J connectivity index is 2.20. The molecule has 2 aromatic carbocycles. The van der Waals surface area contributed by atoms with E-state index in [1.807, 2.05) is 12.1 Å². The van der Waals surface area contributed by atoms with Gasteiger partial charge in [-0.3, -0.25) is 4.79 Å².